The molecule has 2 amide bonds. The maximum Gasteiger partial charge on any atom is 0.318 e. The van der Waals surface area contributed by atoms with Gasteiger partial charge in [0.1, 0.15) is 0 Å². The number of nitrogens with zero attached hydrogens (tertiary/aromatic N) is 1. The van der Waals surface area contributed by atoms with Gasteiger partial charge in [-0.2, -0.15) is 0 Å². The highest BCUT2D eigenvalue weighted by Gasteiger charge is 2.29. The van der Waals surface area contributed by atoms with Gasteiger partial charge >= 0.3 is 12.0 Å². The molecule has 19 heavy (non-hydrogen) atoms. The van der Waals surface area contributed by atoms with Crippen LogP contribution in [0.2, 0.25) is 0 Å². The minimum absolute atomic E-state index is 0.0489. The summed E-state index contributed by atoms with van der Waals surface area (Å²) in [6.45, 7) is 2.91. The van der Waals surface area contributed by atoms with Gasteiger partial charge in [-0.1, -0.05) is 19.1 Å². The Morgan fingerprint density at radius 2 is 2.16 bits per heavy atom. The number of carboxylic acids is 1. The van der Waals surface area contributed by atoms with Gasteiger partial charge in [0, 0.05) is 12.6 Å². The Balaban J connectivity index is 1.87. The second-order valence-electron chi connectivity index (χ2n) is 5.37. The van der Waals surface area contributed by atoms with Gasteiger partial charge in [0.05, 0.1) is 12.0 Å². The summed E-state index contributed by atoms with van der Waals surface area (Å²) in [6.07, 6.45) is 8.22. The average Bonchev–Trinajstić information content (AvgIpc) is 2.87. The fourth-order valence-electron chi connectivity index (χ4n) is 2.92. The molecule has 5 nitrogen and oxygen atoms in total. The fourth-order valence-corrected chi connectivity index (χ4v) is 2.92. The summed E-state index contributed by atoms with van der Waals surface area (Å²) in [5, 5.41) is 11.9. The normalized spacial score (nSPS) is 30.4. The molecule has 0 aromatic carbocycles. The van der Waals surface area contributed by atoms with Crippen LogP contribution < -0.4 is 5.32 Å². The van der Waals surface area contributed by atoms with Crippen molar-refractivity contribution in [2.75, 3.05) is 6.54 Å². The SMILES string of the molecule is CCC1CCCCN1C(=O)NC1C=CC(C(=O)O)C1. The highest BCUT2D eigenvalue weighted by atomic mass is 16.4. The number of likely N-dealkylation sites (tertiary alicyclic amines) is 1. The van der Waals surface area contributed by atoms with E-state index in [-0.39, 0.29) is 12.1 Å². The summed E-state index contributed by atoms with van der Waals surface area (Å²) in [6, 6.07) is 0.134. The van der Waals surface area contributed by atoms with Gasteiger partial charge in [-0.3, -0.25) is 4.79 Å². The number of amides is 2. The van der Waals surface area contributed by atoms with Crippen molar-refractivity contribution in [3.8, 4) is 0 Å². The minimum Gasteiger partial charge on any atom is -0.481 e. The lowest BCUT2D eigenvalue weighted by Crippen LogP contribution is -2.50. The Kier molecular flexibility index (Phi) is 4.45. The van der Waals surface area contributed by atoms with Crippen LogP contribution in [0.25, 0.3) is 0 Å². The topological polar surface area (TPSA) is 69.6 Å². The van der Waals surface area contributed by atoms with E-state index in [0.717, 1.165) is 25.8 Å². The van der Waals surface area contributed by atoms with E-state index < -0.39 is 11.9 Å². The Bertz CT molecular complexity index is 381. The third-order valence-corrected chi connectivity index (χ3v) is 4.07. The van der Waals surface area contributed by atoms with Gasteiger partial charge in [-0.15, -0.1) is 0 Å². The predicted octanol–water partition coefficient (Wildman–Crippen LogP) is 1.99. The zero-order chi connectivity index (χ0) is 13.8. The molecule has 0 aromatic heterocycles. The lowest BCUT2D eigenvalue weighted by molar-refractivity contribution is -0.140. The van der Waals surface area contributed by atoms with Crippen LogP contribution in [0.15, 0.2) is 12.2 Å². The van der Waals surface area contributed by atoms with Crippen molar-refractivity contribution in [2.24, 2.45) is 5.92 Å². The van der Waals surface area contributed by atoms with Gasteiger partial charge in [0.25, 0.3) is 0 Å². The first kappa shape index (κ1) is 13.9. The molecule has 1 aliphatic carbocycles. The smallest absolute Gasteiger partial charge is 0.318 e. The Hall–Kier alpha value is -1.52. The number of carboxylic acid groups (broad SMARTS) is 1. The van der Waals surface area contributed by atoms with E-state index in [1.165, 1.54) is 6.42 Å². The standard InChI is InChI=1S/C14H22N2O3/c1-2-12-5-3-4-8-16(12)14(19)15-11-7-6-10(9-11)13(17)18/h6-7,10-12H,2-5,8-9H2,1H3,(H,15,19)(H,17,18). The molecule has 3 unspecified atom stereocenters. The van der Waals surface area contributed by atoms with Crippen LogP contribution >= 0.6 is 0 Å². The summed E-state index contributed by atoms with van der Waals surface area (Å²) in [4.78, 5) is 25.0. The molecule has 0 radical (unpaired) electrons. The van der Waals surface area contributed by atoms with Gasteiger partial charge in [0.15, 0.2) is 0 Å². The average molecular weight is 266 g/mol. The number of hydrogen-bond acceptors (Lipinski definition) is 2. The molecule has 0 spiro atoms. The summed E-state index contributed by atoms with van der Waals surface area (Å²) in [5.74, 6) is -1.29. The number of rotatable bonds is 3. The van der Waals surface area contributed by atoms with E-state index in [1.54, 1.807) is 12.2 Å². The molecule has 0 bridgehead atoms. The van der Waals surface area contributed by atoms with Crippen molar-refractivity contribution in [1.82, 2.24) is 10.2 Å². The first-order valence-corrected chi connectivity index (χ1v) is 7.10. The Labute approximate surface area is 113 Å². The van der Waals surface area contributed by atoms with E-state index in [9.17, 15) is 9.59 Å². The number of urea groups is 1. The third kappa shape index (κ3) is 3.28. The molecule has 1 fully saturated rings. The first-order valence-electron chi connectivity index (χ1n) is 7.10. The number of nitrogens with one attached hydrogen (secondary N) is 1. The highest BCUT2D eigenvalue weighted by Crippen LogP contribution is 2.21. The van der Waals surface area contributed by atoms with E-state index >= 15 is 0 Å². The summed E-state index contributed by atoms with van der Waals surface area (Å²) >= 11 is 0. The number of piperidine rings is 1. The maximum absolute atomic E-state index is 12.2. The molecule has 106 valence electrons. The van der Waals surface area contributed by atoms with E-state index in [2.05, 4.69) is 12.2 Å². The van der Waals surface area contributed by atoms with Gasteiger partial charge in [-0.25, -0.2) is 4.79 Å². The lowest BCUT2D eigenvalue weighted by Gasteiger charge is -2.35. The van der Waals surface area contributed by atoms with Crippen molar-refractivity contribution in [3.05, 3.63) is 12.2 Å². The van der Waals surface area contributed by atoms with Crippen LogP contribution in [-0.4, -0.2) is 40.6 Å². The minimum atomic E-state index is -0.822. The first-order chi connectivity index (χ1) is 9.11. The summed E-state index contributed by atoms with van der Waals surface area (Å²) in [7, 11) is 0. The van der Waals surface area contributed by atoms with E-state index in [4.69, 9.17) is 5.11 Å². The maximum atomic E-state index is 12.2. The number of hydrogen-bond donors (Lipinski definition) is 2. The van der Waals surface area contributed by atoms with Crippen LogP contribution in [0.3, 0.4) is 0 Å². The largest absolute Gasteiger partial charge is 0.481 e. The van der Waals surface area contributed by atoms with E-state index in [1.807, 2.05) is 4.90 Å². The van der Waals surface area contributed by atoms with Crippen molar-refractivity contribution >= 4 is 12.0 Å². The molecule has 1 aliphatic heterocycles. The monoisotopic (exact) mass is 266 g/mol. The molecule has 5 heteroatoms. The van der Waals surface area contributed by atoms with Crippen molar-refractivity contribution in [2.45, 2.75) is 51.1 Å². The number of aliphatic carboxylic acids is 1. The molecule has 2 aliphatic rings. The van der Waals surface area contributed by atoms with Crippen LogP contribution in [0.4, 0.5) is 4.79 Å². The lowest BCUT2D eigenvalue weighted by atomic mass is 10.0. The predicted molar refractivity (Wildman–Crippen MR) is 71.8 cm³/mol. The molecule has 1 heterocycles. The van der Waals surface area contributed by atoms with E-state index in [0.29, 0.717) is 12.5 Å². The zero-order valence-corrected chi connectivity index (χ0v) is 11.3. The molecule has 0 aromatic rings. The molecular formula is C14H22N2O3. The van der Waals surface area contributed by atoms with Crippen LogP contribution in [-0.2, 0) is 4.79 Å². The van der Waals surface area contributed by atoms with Crippen molar-refractivity contribution in [1.29, 1.82) is 0 Å². The number of carbonyl (C=O) groups is 2. The van der Waals surface area contributed by atoms with Crippen molar-refractivity contribution < 1.29 is 14.7 Å². The molecular weight excluding hydrogens is 244 g/mol. The molecule has 1 saturated heterocycles. The zero-order valence-electron chi connectivity index (χ0n) is 11.3. The van der Waals surface area contributed by atoms with Gasteiger partial charge in [-0.05, 0) is 32.1 Å². The Morgan fingerprint density at radius 3 is 2.79 bits per heavy atom. The van der Waals surface area contributed by atoms with Crippen LogP contribution in [0, 0.1) is 5.92 Å². The molecule has 3 atom stereocenters. The molecule has 0 saturated carbocycles. The van der Waals surface area contributed by atoms with Crippen molar-refractivity contribution in [3.63, 3.8) is 0 Å². The Morgan fingerprint density at radius 1 is 1.37 bits per heavy atom. The molecule has 2 N–H and O–H groups in total. The summed E-state index contributed by atoms with van der Waals surface area (Å²) < 4.78 is 0. The van der Waals surface area contributed by atoms with Gasteiger partial charge in [0.2, 0.25) is 0 Å². The fraction of sp³-hybridized carbons (Fsp3) is 0.714. The second kappa shape index (κ2) is 6.08. The third-order valence-electron chi connectivity index (χ3n) is 4.07. The molecule has 2 rings (SSSR count). The highest BCUT2D eigenvalue weighted by molar-refractivity contribution is 5.76. The quantitative estimate of drug-likeness (QED) is 0.767. The van der Waals surface area contributed by atoms with Gasteiger partial charge < -0.3 is 15.3 Å². The van der Waals surface area contributed by atoms with Crippen LogP contribution in [0.5, 0.6) is 0 Å². The van der Waals surface area contributed by atoms with Crippen LogP contribution in [0.1, 0.15) is 39.0 Å². The summed E-state index contributed by atoms with van der Waals surface area (Å²) in [5.41, 5.74) is 0. The number of carbonyl (C=O) groups excluding carboxylic acids is 1. The second-order valence-corrected chi connectivity index (χ2v) is 5.37.